The molecule has 0 unspecified atom stereocenters. The van der Waals surface area contributed by atoms with Crippen molar-refractivity contribution in [1.82, 2.24) is 15.5 Å². The summed E-state index contributed by atoms with van der Waals surface area (Å²) in [5.74, 6) is 0.160. The van der Waals surface area contributed by atoms with E-state index in [-0.39, 0.29) is 25.0 Å². The monoisotopic (exact) mass is 311 g/mol. The van der Waals surface area contributed by atoms with Crippen molar-refractivity contribution >= 4 is 23.4 Å². The van der Waals surface area contributed by atoms with Gasteiger partial charge in [0.15, 0.2) is 6.61 Å². The van der Waals surface area contributed by atoms with E-state index in [1.165, 1.54) is 0 Å². The fourth-order valence-electron chi connectivity index (χ4n) is 1.93. The van der Waals surface area contributed by atoms with Crippen LogP contribution in [-0.4, -0.2) is 56.0 Å². The Labute approximate surface area is 128 Å². The van der Waals surface area contributed by atoms with Crippen LogP contribution in [0.1, 0.15) is 0 Å². The summed E-state index contributed by atoms with van der Waals surface area (Å²) in [5.41, 5.74) is 0. The highest BCUT2D eigenvalue weighted by molar-refractivity contribution is 6.30. The Morgan fingerprint density at radius 1 is 1.24 bits per heavy atom. The summed E-state index contributed by atoms with van der Waals surface area (Å²) < 4.78 is 5.29. The average Bonchev–Trinajstić information content (AvgIpc) is 2.53. The van der Waals surface area contributed by atoms with Gasteiger partial charge >= 0.3 is 0 Å². The molecule has 2 rings (SSSR count). The molecule has 21 heavy (non-hydrogen) atoms. The zero-order valence-corrected chi connectivity index (χ0v) is 12.4. The number of rotatable bonds is 5. The van der Waals surface area contributed by atoms with Crippen molar-refractivity contribution in [3.05, 3.63) is 29.3 Å². The van der Waals surface area contributed by atoms with E-state index in [2.05, 4.69) is 10.6 Å². The van der Waals surface area contributed by atoms with Crippen molar-refractivity contribution < 1.29 is 14.3 Å². The fourth-order valence-corrected chi connectivity index (χ4v) is 2.06. The molecule has 0 radical (unpaired) electrons. The van der Waals surface area contributed by atoms with Crippen molar-refractivity contribution in [3.8, 4) is 5.75 Å². The molecule has 1 fully saturated rings. The first-order valence-corrected chi connectivity index (χ1v) is 7.16. The second kappa shape index (κ2) is 7.85. The van der Waals surface area contributed by atoms with Gasteiger partial charge in [-0.15, -0.1) is 0 Å². The zero-order valence-electron chi connectivity index (χ0n) is 11.6. The van der Waals surface area contributed by atoms with E-state index in [1.54, 1.807) is 29.2 Å². The molecular weight excluding hydrogens is 294 g/mol. The Morgan fingerprint density at radius 2 is 1.90 bits per heavy atom. The van der Waals surface area contributed by atoms with Crippen LogP contribution in [0.5, 0.6) is 5.75 Å². The zero-order chi connectivity index (χ0) is 15.1. The Morgan fingerprint density at radius 3 is 2.57 bits per heavy atom. The summed E-state index contributed by atoms with van der Waals surface area (Å²) >= 11 is 5.75. The number of nitrogens with one attached hydrogen (secondary N) is 2. The third-order valence-electron chi connectivity index (χ3n) is 3.09. The lowest BCUT2D eigenvalue weighted by atomic mass is 10.3. The molecule has 0 bridgehead atoms. The Balaban J connectivity index is 1.67. The molecule has 1 aliphatic heterocycles. The lowest BCUT2D eigenvalue weighted by Crippen LogP contribution is -2.49. The average molecular weight is 312 g/mol. The summed E-state index contributed by atoms with van der Waals surface area (Å²) in [5, 5.41) is 6.33. The molecule has 7 heteroatoms. The maximum atomic E-state index is 11.8. The van der Waals surface area contributed by atoms with Crippen molar-refractivity contribution in [2.24, 2.45) is 0 Å². The molecule has 0 saturated carbocycles. The summed E-state index contributed by atoms with van der Waals surface area (Å²) in [4.78, 5) is 25.2. The molecule has 114 valence electrons. The van der Waals surface area contributed by atoms with Crippen LogP contribution in [0, 0.1) is 0 Å². The van der Waals surface area contributed by atoms with Crippen molar-refractivity contribution in [2.45, 2.75) is 0 Å². The summed E-state index contributed by atoms with van der Waals surface area (Å²) in [7, 11) is 0. The number of amides is 2. The number of carbonyl (C=O) groups is 2. The molecule has 1 aromatic rings. The first-order valence-electron chi connectivity index (χ1n) is 6.79. The van der Waals surface area contributed by atoms with Crippen molar-refractivity contribution in [3.63, 3.8) is 0 Å². The molecular formula is C14H18ClN3O3. The van der Waals surface area contributed by atoms with E-state index in [4.69, 9.17) is 16.3 Å². The Hall–Kier alpha value is -1.79. The largest absolute Gasteiger partial charge is 0.484 e. The highest BCUT2D eigenvalue weighted by Gasteiger charge is 2.16. The quantitative estimate of drug-likeness (QED) is 0.819. The number of nitrogens with zero attached hydrogens (tertiary/aromatic N) is 1. The first-order chi connectivity index (χ1) is 10.1. The predicted octanol–water partition coefficient (Wildman–Crippen LogP) is 0.267. The SMILES string of the molecule is O=C(COc1ccc(Cl)cc1)NCC(=O)N1CCNCC1. The van der Waals surface area contributed by atoms with Gasteiger partial charge in [-0.2, -0.15) is 0 Å². The van der Waals surface area contributed by atoms with Crippen LogP contribution in [0.25, 0.3) is 0 Å². The number of benzene rings is 1. The second-order valence-electron chi connectivity index (χ2n) is 4.65. The number of carbonyl (C=O) groups excluding carboxylic acids is 2. The lowest BCUT2D eigenvalue weighted by molar-refractivity contribution is -0.133. The maximum absolute atomic E-state index is 11.8. The molecule has 0 aromatic heterocycles. The van der Waals surface area contributed by atoms with E-state index in [0.717, 1.165) is 13.1 Å². The molecule has 0 atom stereocenters. The van der Waals surface area contributed by atoms with E-state index in [0.29, 0.717) is 23.9 Å². The van der Waals surface area contributed by atoms with Gasteiger partial charge in [0.05, 0.1) is 6.54 Å². The van der Waals surface area contributed by atoms with E-state index < -0.39 is 0 Å². The van der Waals surface area contributed by atoms with Crippen LogP contribution in [0.3, 0.4) is 0 Å². The van der Waals surface area contributed by atoms with Crippen LogP contribution in [0.2, 0.25) is 5.02 Å². The number of piperazine rings is 1. The van der Waals surface area contributed by atoms with Crippen molar-refractivity contribution in [2.75, 3.05) is 39.3 Å². The van der Waals surface area contributed by atoms with Crippen molar-refractivity contribution in [1.29, 1.82) is 0 Å². The highest BCUT2D eigenvalue weighted by atomic mass is 35.5. The van der Waals surface area contributed by atoms with Crippen LogP contribution in [0.4, 0.5) is 0 Å². The molecule has 0 spiro atoms. The van der Waals surface area contributed by atoms with Crippen LogP contribution >= 0.6 is 11.6 Å². The predicted molar refractivity (Wildman–Crippen MR) is 79.4 cm³/mol. The minimum Gasteiger partial charge on any atom is -0.484 e. The summed E-state index contributed by atoms with van der Waals surface area (Å²) in [6, 6.07) is 6.73. The topological polar surface area (TPSA) is 70.7 Å². The summed E-state index contributed by atoms with van der Waals surface area (Å²) in [6.45, 7) is 2.81. The highest BCUT2D eigenvalue weighted by Crippen LogP contribution is 2.15. The van der Waals surface area contributed by atoms with Gasteiger partial charge in [0.25, 0.3) is 5.91 Å². The Kier molecular flexibility index (Phi) is 5.83. The standard InChI is InChI=1S/C14H18ClN3O3/c15-11-1-3-12(4-2-11)21-10-13(19)17-9-14(20)18-7-5-16-6-8-18/h1-4,16H,5-10H2,(H,17,19). The van der Waals surface area contributed by atoms with Gasteiger partial charge in [0.1, 0.15) is 5.75 Å². The summed E-state index contributed by atoms with van der Waals surface area (Å²) in [6.07, 6.45) is 0. The fraction of sp³-hybridized carbons (Fsp3) is 0.429. The number of hydrogen-bond donors (Lipinski definition) is 2. The van der Waals surface area contributed by atoms with Gasteiger partial charge in [-0.25, -0.2) is 0 Å². The minimum atomic E-state index is -0.326. The van der Waals surface area contributed by atoms with Gasteiger partial charge in [-0.05, 0) is 24.3 Å². The van der Waals surface area contributed by atoms with E-state index in [1.807, 2.05) is 0 Å². The van der Waals surface area contributed by atoms with E-state index in [9.17, 15) is 9.59 Å². The van der Waals surface area contributed by atoms with Gasteiger partial charge < -0.3 is 20.3 Å². The third kappa shape index (κ3) is 5.24. The molecule has 6 nitrogen and oxygen atoms in total. The van der Waals surface area contributed by atoms with Gasteiger partial charge in [0, 0.05) is 31.2 Å². The Bertz CT molecular complexity index is 487. The molecule has 1 aromatic carbocycles. The minimum absolute atomic E-state index is 0.00279. The third-order valence-corrected chi connectivity index (χ3v) is 3.34. The first kappa shape index (κ1) is 15.6. The maximum Gasteiger partial charge on any atom is 0.258 e. The molecule has 2 N–H and O–H groups in total. The van der Waals surface area contributed by atoms with Crippen LogP contribution in [-0.2, 0) is 9.59 Å². The molecule has 0 aliphatic carbocycles. The second-order valence-corrected chi connectivity index (χ2v) is 5.09. The molecule has 2 amide bonds. The molecule has 1 aliphatic rings. The molecule has 1 heterocycles. The van der Waals surface area contributed by atoms with Crippen LogP contribution in [0.15, 0.2) is 24.3 Å². The smallest absolute Gasteiger partial charge is 0.258 e. The van der Waals surface area contributed by atoms with E-state index >= 15 is 0 Å². The van der Waals surface area contributed by atoms with Gasteiger partial charge in [-0.3, -0.25) is 9.59 Å². The van der Waals surface area contributed by atoms with Gasteiger partial charge in [-0.1, -0.05) is 11.6 Å². The number of ether oxygens (including phenoxy) is 1. The number of halogens is 1. The number of hydrogen-bond acceptors (Lipinski definition) is 4. The van der Waals surface area contributed by atoms with Crippen LogP contribution < -0.4 is 15.4 Å². The van der Waals surface area contributed by atoms with Gasteiger partial charge in [0.2, 0.25) is 5.91 Å². The lowest BCUT2D eigenvalue weighted by Gasteiger charge is -2.27. The normalized spacial score (nSPS) is 14.6. The molecule has 1 saturated heterocycles.